The number of hydrogen-bond acceptors (Lipinski definition) is 3. The second kappa shape index (κ2) is 4.77. The topological polar surface area (TPSA) is 55.1 Å². The second-order valence-electron chi connectivity index (χ2n) is 4.37. The van der Waals surface area contributed by atoms with Crippen molar-refractivity contribution in [3.63, 3.8) is 0 Å². The third-order valence-corrected chi connectivity index (χ3v) is 3.54. The molecule has 0 aliphatic carbocycles. The van der Waals surface area contributed by atoms with Gasteiger partial charge in [-0.05, 0) is 18.4 Å². The van der Waals surface area contributed by atoms with Gasteiger partial charge in [0.15, 0.2) is 0 Å². The molecule has 1 heterocycles. The van der Waals surface area contributed by atoms with Crippen LogP contribution in [-0.2, 0) is 10.2 Å². The van der Waals surface area contributed by atoms with Crippen molar-refractivity contribution in [3.8, 4) is 0 Å². The molecule has 84 valence electrons. The van der Waals surface area contributed by atoms with Crippen LogP contribution in [0.2, 0.25) is 0 Å². The predicted molar refractivity (Wildman–Crippen MR) is 64.0 cm³/mol. The average molecular weight is 226 g/mol. The Morgan fingerprint density at radius 3 is 2.80 bits per heavy atom. The van der Waals surface area contributed by atoms with E-state index >= 15 is 0 Å². The first-order valence-electron chi connectivity index (χ1n) is 5.01. The molecular formula is C11H18N2OS. The summed E-state index contributed by atoms with van der Waals surface area (Å²) in [7, 11) is 0. The SMILES string of the molecule is C[C@@H](N)C(=O)NCC(C)(C)c1cccs1. The van der Waals surface area contributed by atoms with Crippen LogP contribution in [0.3, 0.4) is 0 Å². The standard InChI is InChI=1S/C11H18N2OS/c1-8(12)10(14)13-7-11(2,3)9-5-4-6-15-9/h4-6,8H,7,12H2,1-3H3,(H,13,14)/t8-/m1/s1. The Kier molecular flexibility index (Phi) is 3.88. The van der Waals surface area contributed by atoms with Gasteiger partial charge in [-0.1, -0.05) is 19.9 Å². The van der Waals surface area contributed by atoms with Crippen molar-refractivity contribution in [2.24, 2.45) is 5.73 Å². The first kappa shape index (κ1) is 12.2. The van der Waals surface area contributed by atoms with Crippen LogP contribution in [-0.4, -0.2) is 18.5 Å². The van der Waals surface area contributed by atoms with Gasteiger partial charge in [0.1, 0.15) is 0 Å². The van der Waals surface area contributed by atoms with Crippen molar-refractivity contribution < 1.29 is 4.79 Å². The summed E-state index contributed by atoms with van der Waals surface area (Å²) in [5, 5.41) is 4.90. The molecule has 3 nitrogen and oxygen atoms in total. The first-order chi connectivity index (χ1) is 6.93. The molecule has 0 aromatic carbocycles. The highest BCUT2D eigenvalue weighted by Gasteiger charge is 2.22. The van der Waals surface area contributed by atoms with E-state index in [0.29, 0.717) is 6.54 Å². The van der Waals surface area contributed by atoms with Crippen molar-refractivity contribution in [2.75, 3.05) is 6.54 Å². The molecule has 3 N–H and O–H groups in total. The number of amides is 1. The minimum absolute atomic E-state index is 0.0291. The van der Waals surface area contributed by atoms with Crippen LogP contribution in [0.15, 0.2) is 17.5 Å². The van der Waals surface area contributed by atoms with Gasteiger partial charge in [-0.15, -0.1) is 11.3 Å². The maximum Gasteiger partial charge on any atom is 0.236 e. The number of rotatable bonds is 4. The monoisotopic (exact) mass is 226 g/mol. The summed E-state index contributed by atoms with van der Waals surface area (Å²) >= 11 is 1.71. The maximum atomic E-state index is 11.3. The highest BCUT2D eigenvalue weighted by Crippen LogP contribution is 2.26. The van der Waals surface area contributed by atoms with Crippen LogP contribution in [0, 0.1) is 0 Å². The normalized spacial score (nSPS) is 13.6. The Hall–Kier alpha value is -0.870. The fourth-order valence-electron chi connectivity index (χ4n) is 1.22. The molecule has 1 rings (SSSR count). The van der Waals surface area contributed by atoms with Gasteiger partial charge in [0.2, 0.25) is 5.91 Å². The van der Waals surface area contributed by atoms with E-state index in [9.17, 15) is 4.79 Å². The minimum Gasteiger partial charge on any atom is -0.354 e. The Morgan fingerprint density at radius 2 is 2.33 bits per heavy atom. The van der Waals surface area contributed by atoms with Gasteiger partial charge in [0.05, 0.1) is 6.04 Å². The van der Waals surface area contributed by atoms with Crippen LogP contribution in [0.5, 0.6) is 0 Å². The van der Waals surface area contributed by atoms with Crippen molar-refractivity contribution in [1.29, 1.82) is 0 Å². The highest BCUT2D eigenvalue weighted by molar-refractivity contribution is 7.10. The molecule has 1 aromatic heterocycles. The van der Waals surface area contributed by atoms with Crippen LogP contribution in [0.1, 0.15) is 25.6 Å². The number of carbonyl (C=O) groups is 1. The van der Waals surface area contributed by atoms with Crippen LogP contribution >= 0.6 is 11.3 Å². The van der Waals surface area contributed by atoms with E-state index in [1.807, 2.05) is 11.4 Å². The molecule has 0 bridgehead atoms. The van der Waals surface area contributed by atoms with E-state index in [1.165, 1.54) is 4.88 Å². The van der Waals surface area contributed by atoms with Crippen LogP contribution in [0.25, 0.3) is 0 Å². The van der Waals surface area contributed by atoms with Gasteiger partial charge in [-0.2, -0.15) is 0 Å². The lowest BCUT2D eigenvalue weighted by molar-refractivity contribution is -0.122. The lowest BCUT2D eigenvalue weighted by Gasteiger charge is -2.24. The van der Waals surface area contributed by atoms with Gasteiger partial charge >= 0.3 is 0 Å². The molecule has 1 atom stereocenters. The zero-order chi connectivity index (χ0) is 11.5. The largest absolute Gasteiger partial charge is 0.354 e. The number of thiophene rings is 1. The molecule has 0 aliphatic rings. The number of hydrogen-bond donors (Lipinski definition) is 2. The number of carbonyl (C=O) groups excluding carboxylic acids is 1. The molecule has 0 saturated heterocycles. The predicted octanol–water partition coefficient (Wildman–Crippen LogP) is 1.49. The van der Waals surface area contributed by atoms with Crippen molar-refractivity contribution in [3.05, 3.63) is 22.4 Å². The molecule has 0 fully saturated rings. The molecule has 0 radical (unpaired) electrons. The van der Waals surface area contributed by atoms with E-state index in [-0.39, 0.29) is 11.3 Å². The van der Waals surface area contributed by atoms with Gasteiger partial charge in [0.25, 0.3) is 0 Å². The summed E-state index contributed by atoms with van der Waals surface area (Å²) in [6.45, 7) is 6.53. The second-order valence-corrected chi connectivity index (χ2v) is 5.32. The fraction of sp³-hybridized carbons (Fsp3) is 0.545. The third-order valence-electron chi connectivity index (χ3n) is 2.31. The van der Waals surface area contributed by atoms with Crippen LogP contribution in [0.4, 0.5) is 0 Å². The van der Waals surface area contributed by atoms with Crippen molar-refractivity contribution in [1.82, 2.24) is 5.32 Å². The number of nitrogens with one attached hydrogen (secondary N) is 1. The minimum atomic E-state index is -0.441. The molecule has 1 aromatic rings. The Bertz CT molecular complexity index is 317. The first-order valence-corrected chi connectivity index (χ1v) is 5.89. The Labute approximate surface area is 94.7 Å². The third kappa shape index (κ3) is 3.32. The quantitative estimate of drug-likeness (QED) is 0.817. The lowest BCUT2D eigenvalue weighted by atomic mass is 9.91. The summed E-state index contributed by atoms with van der Waals surface area (Å²) in [4.78, 5) is 12.6. The van der Waals surface area contributed by atoms with Gasteiger partial charge in [-0.3, -0.25) is 4.79 Å². The van der Waals surface area contributed by atoms with Gasteiger partial charge in [0, 0.05) is 16.8 Å². The summed E-state index contributed by atoms with van der Waals surface area (Å²) in [5.74, 6) is -0.0976. The summed E-state index contributed by atoms with van der Waals surface area (Å²) < 4.78 is 0. The average Bonchev–Trinajstić information content (AvgIpc) is 2.67. The van der Waals surface area contributed by atoms with Crippen molar-refractivity contribution >= 4 is 17.2 Å². The summed E-state index contributed by atoms with van der Waals surface area (Å²) in [6, 6.07) is 3.67. The van der Waals surface area contributed by atoms with E-state index in [1.54, 1.807) is 18.3 Å². The molecule has 1 amide bonds. The molecule has 0 unspecified atom stereocenters. The molecule has 0 aliphatic heterocycles. The Morgan fingerprint density at radius 1 is 1.67 bits per heavy atom. The molecule has 0 saturated carbocycles. The van der Waals surface area contributed by atoms with Gasteiger partial charge in [-0.25, -0.2) is 0 Å². The number of nitrogens with two attached hydrogens (primary N) is 1. The zero-order valence-corrected chi connectivity index (χ0v) is 10.2. The molecule has 4 heteroatoms. The highest BCUT2D eigenvalue weighted by atomic mass is 32.1. The molecule has 0 spiro atoms. The van der Waals surface area contributed by atoms with Crippen LogP contribution < -0.4 is 11.1 Å². The maximum absolute atomic E-state index is 11.3. The zero-order valence-electron chi connectivity index (χ0n) is 9.41. The molecule has 15 heavy (non-hydrogen) atoms. The van der Waals surface area contributed by atoms with E-state index in [2.05, 4.69) is 25.2 Å². The Balaban J connectivity index is 2.54. The summed E-state index contributed by atoms with van der Waals surface area (Å²) in [6.07, 6.45) is 0. The fourth-order valence-corrected chi connectivity index (χ4v) is 2.07. The van der Waals surface area contributed by atoms with E-state index < -0.39 is 6.04 Å². The van der Waals surface area contributed by atoms with Gasteiger partial charge < -0.3 is 11.1 Å². The smallest absolute Gasteiger partial charge is 0.236 e. The lowest BCUT2D eigenvalue weighted by Crippen LogP contribution is -2.43. The van der Waals surface area contributed by atoms with E-state index in [0.717, 1.165) is 0 Å². The summed E-state index contributed by atoms with van der Waals surface area (Å²) in [5.41, 5.74) is 5.45. The van der Waals surface area contributed by atoms with E-state index in [4.69, 9.17) is 5.73 Å². The van der Waals surface area contributed by atoms with Crippen molar-refractivity contribution in [2.45, 2.75) is 32.2 Å². The molecular weight excluding hydrogens is 208 g/mol.